The molecule has 0 aliphatic rings. The summed E-state index contributed by atoms with van der Waals surface area (Å²) in [6, 6.07) is 15.2. The van der Waals surface area contributed by atoms with E-state index in [1.165, 1.54) is 25.8 Å². The van der Waals surface area contributed by atoms with E-state index in [-0.39, 0.29) is 0 Å². The van der Waals surface area contributed by atoms with Gasteiger partial charge in [-0.1, -0.05) is 56.3 Å². The first kappa shape index (κ1) is 12.6. The molecule has 17 heavy (non-hydrogen) atoms. The van der Waals surface area contributed by atoms with Crippen LogP contribution in [0.25, 0.3) is 11.1 Å². The van der Waals surface area contributed by atoms with E-state index in [0.717, 1.165) is 12.8 Å². The largest absolute Gasteiger partial charge is 0.0622 e. The molecule has 2 aromatic carbocycles. The highest BCUT2D eigenvalue weighted by molar-refractivity contribution is 14.1. The van der Waals surface area contributed by atoms with Crippen LogP contribution in [0.5, 0.6) is 0 Å². The lowest BCUT2D eigenvalue weighted by Crippen LogP contribution is -1.97. The highest BCUT2D eigenvalue weighted by Crippen LogP contribution is 2.30. The van der Waals surface area contributed by atoms with E-state index in [0.29, 0.717) is 0 Å². The standard InChI is InChI=1S/C16H17I/c1-3-12-10-11-15(16(17)14(12)4-2)13-8-6-5-7-9-13/h5-11H,3-4H2,1-2H3. The molecule has 1 heteroatoms. The number of hydrogen-bond donors (Lipinski definition) is 0. The topological polar surface area (TPSA) is 0 Å². The van der Waals surface area contributed by atoms with Crippen LogP contribution in [0.4, 0.5) is 0 Å². The summed E-state index contributed by atoms with van der Waals surface area (Å²) in [4.78, 5) is 0. The Morgan fingerprint density at radius 2 is 1.59 bits per heavy atom. The van der Waals surface area contributed by atoms with Crippen molar-refractivity contribution in [3.05, 3.63) is 57.2 Å². The molecule has 0 atom stereocenters. The average molecular weight is 336 g/mol. The first-order chi connectivity index (χ1) is 8.27. The first-order valence-corrected chi connectivity index (χ1v) is 7.21. The lowest BCUT2D eigenvalue weighted by molar-refractivity contribution is 1.03. The van der Waals surface area contributed by atoms with Gasteiger partial charge in [-0.25, -0.2) is 0 Å². The maximum atomic E-state index is 2.49. The molecule has 2 aromatic rings. The Hall–Kier alpha value is -0.830. The van der Waals surface area contributed by atoms with Crippen molar-refractivity contribution < 1.29 is 0 Å². The normalized spacial score (nSPS) is 10.5. The monoisotopic (exact) mass is 336 g/mol. The average Bonchev–Trinajstić information content (AvgIpc) is 2.39. The Morgan fingerprint density at radius 3 is 2.18 bits per heavy atom. The molecule has 0 saturated heterocycles. The number of hydrogen-bond acceptors (Lipinski definition) is 0. The zero-order valence-electron chi connectivity index (χ0n) is 10.3. The molecule has 0 heterocycles. The maximum Gasteiger partial charge on any atom is 0.0243 e. The molecular formula is C16H17I. The fraction of sp³-hybridized carbons (Fsp3) is 0.250. The third-order valence-electron chi connectivity index (χ3n) is 3.16. The summed E-state index contributed by atoms with van der Waals surface area (Å²) in [5, 5.41) is 0. The minimum atomic E-state index is 1.11. The van der Waals surface area contributed by atoms with Crippen molar-refractivity contribution in [1.82, 2.24) is 0 Å². The lowest BCUT2D eigenvalue weighted by atomic mass is 9.96. The molecule has 0 aliphatic heterocycles. The van der Waals surface area contributed by atoms with Gasteiger partial charge in [0.25, 0.3) is 0 Å². The van der Waals surface area contributed by atoms with E-state index in [4.69, 9.17) is 0 Å². The van der Waals surface area contributed by atoms with E-state index >= 15 is 0 Å². The summed E-state index contributed by atoms with van der Waals surface area (Å²) in [7, 11) is 0. The number of benzene rings is 2. The smallest absolute Gasteiger partial charge is 0.0243 e. The van der Waals surface area contributed by atoms with Crippen LogP contribution < -0.4 is 0 Å². The predicted molar refractivity (Wildman–Crippen MR) is 83.4 cm³/mol. The molecule has 0 aromatic heterocycles. The van der Waals surface area contributed by atoms with Gasteiger partial charge in [0.1, 0.15) is 0 Å². The second-order valence-electron chi connectivity index (χ2n) is 4.14. The summed E-state index contributed by atoms with van der Waals surface area (Å²) in [6.07, 6.45) is 2.23. The Morgan fingerprint density at radius 1 is 0.882 bits per heavy atom. The van der Waals surface area contributed by atoms with E-state index in [9.17, 15) is 0 Å². The van der Waals surface area contributed by atoms with Gasteiger partial charge in [-0.15, -0.1) is 0 Å². The van der Waals surface area contributed by atoms with Gasteiger partial charge in [-0.3, -0.25) is 0 Å². The Balaban J connectivity index is 2.57. The van der Waals surface area contributed by atoms with Crippen molar-refractivity contribution in [1.29, 1.82) is 0 Å². The van der Waals surface area contributed by atoms with Crippen molar-refractivity contribution in [3.63, 3.8) is 0 Å². The Kier molecular flexibility index (Phi) is 4.21. The maximum absolute atomic E-state index is 2.49. The highest BCUT2D eigenvalue weighted by Gasteiger charge is 2.09. The molecule has 0 fully saturated rings. The summed E-state index contributed by atoms with van der Waals surface area (Å²) >= 11 is 2.49. The van der Waals surface area contributed by atoms with Crippen LogP contribution in [0.1, 0.15) is 25.0 Å². The van der Waals surface area contributed by atoms with Crippen molar-refractivity contribution >= 4 is 22.6 Å². The minimum Gasteiger partial charge on any atom is -0.0622 e. The van der Waals surface area contributed by atoms with Gasteiger partial charge in [0.05, 0.1) is 0 Å². The van der Waals surface area contributed by atoms with Gasteiger partial charge in [-0.2, -0.15) is 0 Å². The summed E-state index contributed by atoms with van der Waals surface area (Å²) in [5.74, 6) is 0. The first-order valence-electron chi connectivity index (χ1n) is 6.13. The lowest BCUT2D eigenvalue weighted by Gasteiger charge is -2.13. The molecule has 0 N–H and O–H groups in total. The van der Waals surface area contributed by atoms with Crippen LogP contribution in [-0.4, -0.2) is 0 Å². The molecule has 0 spiro atoms. The predicted octanol–water partition coefficient (Wildman–Crippen LogP) is 5.08. The fourth-order valence-corrected chi connectivity index (χ4v) is 3.43. The third kappa shape index (κ3) is 2.54. The SMILES string of the molecule is CCc1ccc(-c2ccccc2)c(I)c1CC. The second-order valence-corrected chi connectivity index (χ2v) is 5.22. The van der Waals surface area contributed by atoms with Crippen molar-refractivity contribution in [2.24, 2.45) is 0 Å². The van der Waals surface area contributed by atoms with E-state index in [1.807, 2.05) is 0 Å². The Labute approximate surface area is 117 Å². The quantitative estimate of drug-likeness (QED) is 0.686. The second kappa shape index (κ2) is 5.67. The van der Waals surface area contributed by atoms with E-state index in [2.05, 4.69) is 78.9 Å². The number of aryl methyl sites for hydroxylation is 1. The molecular weight excluding hydrogens is 319 g/mol. The van der Waals surface area contributed by atoms with E-state index in [1.54, 1.807) is 0 Å². The van der Waals surface area contributed by atoms with Gasteiger partial charge in [-0.05, 0) is 57.7 Å². The van der Waals surface area contributed by atoms with E-state index < -0.39 is 0 Å². The Bertz CT molecular complexity index is 500. The van der Waals surface area contributed by atoms with Crippen molar-refractivity contribution in [2.75, 3.05) is 0 Å². The fourth-order valence-electron chi connectivity index (χ4n) is 2.22. The third-order valence-corrected chi connectivity index (χ3v) is 4.39. The molecule has 88 valence electrons. The summed E-state index contributed by atoms with van der Waals surface area (Å²) in [5.41, 5.74) is 5.67. The molecule has 0 unspecified atom stereocenters. The van der Waals surface area contributed by atoms with Crippen LogP contribution in [-0.2, 0) is 12.8 Å². The highest BCUT2D eigenvalue weighted by atomic mass is 127. The molecule has 0 saturated carbocycles. The molecule has 0 amide bonds. The number of halogens is 1. The van der Waals surface area contributed by atoms with Gasteiger partial charge in [0, 0.05) is 3.57 Å². The van der Waals surface area contributed by atoms with Crippen molar-refractivity contribution in [3.8, 4) is 11.1 Å². The van der Waals surface area contributed by atoms with Gasteiger partial charge in [0.2, 0.25) is 0 Å². The summed E-state index contributed by atoms with van der Waals surface area (Å²) in [6.45, 7) is 4.47. The van der Waals surface area contributed by atoms with Crippen LogP contribution in [0.2, 0.25) is 0 Å². The van der Waals surface area contributed by atoms with Gasteiger partial charge >= 0.3 is 0 Å². The zero-order chi connectivity index (χ0) is 12.3. The van der Waals surface area contributed by atoms with Crippen LogP contribution in [0.15, 0.2) is 42.5 Å². The van der Waals surface area contributed by atoms with Crippen LogP contribution >= 0.6 is 22.6 Å². The summed E-state index contributed by atoms with van der Waals surface area (Å²) < 4.78 is 1.41. The van der Waals surface area contributed by atoms with Crippen molar-refractivity contribution in [2.45, 2.75) is 26.7 Å². The van der Waals surface area contributed by atoms with Gasteiger partial charge in [0.15, 0.2) is 0 Å². The van der Waals surface area contributed by atoms with Crippen LogP contribution in [0, 0.1) is 3.57 Å². The minimum absolute atomic E-state index is 1.11. The molecule has 0 radical (unpaired) electrons. The zero-order valence-corrected chi connectivity index (χ0v) is 12.5. The number of rotatable bonds is 3. The molecule has 0 bridgehead atoms. The molecule has 2 rings (SSSR count). The molecule has 0 nitrogen and oxygen atoms in total. The van der Waals surface area contributed by atoms with Crippen LogP contribution in [0.3, 0.4) is 0 Å². The van der Waals surface area contributed by atoms with Gasteiger partial charge < -0.3 is 0 Å². The molecule has 0 aliphatic carbocycles.